The van der Waals surface area contributed by atoms with Crippen molar-refractivity contribution in [3.63, 3.8) is 0 Å². The van der Waals surface area contributed by atoms with Gasteiger partial charge in [0.1, 0.15) is 0 Å². The van der Waals surface area contributed by atoms with Crippen molar-refractivity contribution in [3.05, 3.63) is 0 Å². The Labute approximate surface area is 108 Å². The van der Waals surface area contributed by atoms with Crippen molar-refractivity contribution in [1.82, 2.24) is 5.32 Å². The van der Waals surface area contributed by atoms with E-state index in [1.54, 1.807) is 0 Å². The van der Waals surface area contributed by atoms with Crippen LogP contribution in [-0.4, -0.2) is 26.3 Å². The van der Waals surface area contributed by atoms with Crippen molar-refractivity contribution in [1.29, 1.82) is 0 Å². The molecule has 0 spiro atoms. The average Bonchev–Trinajstić information content (AvgIpc) is 2.39. The molecule has 1 rings (SSSR count). The Hall–Kier alpha value is -0.0800. The first-order valence-corrected chi connectivity index (χ1v) is 7.56. The summed E-state index contributed by atoms with van der Waals surface area (Å²) in [6.45, 7) is 6.35. The highest BCUT2D eigenvalue weighted by Gasteiger charge is 2.26. The van der Waals surface area contributed by atoms with Crippen LogP contribution in [0.25, 0.3) is 0 Å². The lowest BCUT2D eigenvalue weighted by Gasteiger charge is -2.34. The van der Waals surface area contributed by atoms with Gasteiger partial charge in [-0.05, 0) is 44.6 Å². The van der Waals surface area contributed by atoms with Gasteiger partial charge >= 0.3 is 0 Å². The molecule has 0 aromatic rings. The summed E-state index contributed by atoms with van der Waals surface area (Å²) in [5.41, 5.74) is 0. The summed E-state index contributed by atoms with van der Waals surface area (Å²) in [7, 11) is 2.11. The fourth-order valence-corrected chi connectivity index (χ4v) is 3.14. The molecule has 102 valence electrons. The van der Waals surface area contributed by atoms with E-state index in [1.807, 2.05) is 0 Å². The molecule has 0 bridgehead atoms. The summed E-state index contributed by atoms with van der Waals surface area (Å²) in [6, 6.07) is 0.668. The van der Waals surface area contributed by atoms with Crippen LogP contribution in [-0.2, 0) is 4.74 Å². The summed E-state index contributed by atoms with van der Waals surface area (Å²) in [4.78, 5) is 0. The van der Waals surface area contributed by atoms with Crippen LogP contribution in [0, 0.1) is 11.8 Å². The van der Waals surface area contributed by atoms with Gasteiger partial charge in [0.25, 0.3) is 0 Å². The van der Waals surface area contributed by atoms with Crippen molar-refractivity contribution in [2.75, 3.05) is 20.3 Å². The average molecular weight is 241 g/mol. The van der Waals surface area contributed by atoms with Crippen molar-refractivity contribution in [2.45, 2.75) is 64.8 Å². The Morgan fingerprint density at radius 1 is 1.24 bits per heavy atom. The Kier molecular flexibility index (Phi) is 7.87. The third-order valence-corrected chi connectivity index (χ3v) is 4.26. The highest BCUT2D eigenvalue weighted by molar-refractivity contribution is 4.81. The maximum absolute atomic E-state index is 5.62. The molecule has 0 aliphatic heterocycles. The van der Waals surface area contributed by atoms with Gasteiger partial charge in [0.15, 0.2) is 0 Å². The largest absolute Gasteiger partial charge is 0.381 e. The van der Waals surface area contributed by atoms with Gasteiger partial charge in [-0.15, -0.1) is 0 Å². The molecule has 0 saturated heterocycles. The van der Waals surface area contributed by atoms with Gasteiger partial charge in [0.2, 0.25) is 0 Å². The molecule has 1 saturated carbocycles. The second-order valence-electron chi connectivity index (χ2n) is 5.50. The lowest BCUT2D eigenvalue weighted by molar-refractivity contribution is 0.109. The summed E-state index contributed by atoms with van der Waals surface area (Å²) in [6.07, 6.45) is 9.39. The first-order valence-electron chi connectivity index (χ1n) is 7.56. The van der Waals surface area contributed by atoms with Crippen LogP contribution in [0.3, 0.4) is 0 Å². The molecule has 0 heterocycles. The topological polar surface area (TPSA) is 21.3 Å². The molecule has 1 aliphatic rings. The molecule has 3 atom stereocenters. The Bertz CT molecular complexity index is 184. The van der Waals surface area contributed by atoms with E-state index >= 15 is 0 Å². The van der Waals surface area contributed by atoms with Gasteiger partial charge in [-0.1, -0.05) is 33.1 Å². The van der Waals surface area contributed by atoms with Gasteiger partial charge in [-0.25, -0.2) is 0 Å². The summed E-state index contributed by atoms with van der Waals surface area (Å²) in [5.74, 6) is 1.85. The summed E-state index contributed by atoms with van der Waals surface area (Å²) in [5, 5.41) is 3.51. The molecule has 3 unspecified atom stereocenters. The predicted molar refractivity (Wildman–Crippen MR) is 74.3 cm³/mol. The third-order valence-electron chi connectivity index (χ3n) is 4.26. The molecule has 1 N–H and O–H groups in total. The molecular formula is C15H31NO. The molecule has 0 aromatic heterocycles. The lowest BCUT2D eigenvalue weighted by Crippen LogP contribution is -2.37. The Morgan fingerprint density at radius 3 is 2.71 bits per heavy atom. The SMILES string of the molecule is CCCOCCC(NC)C1CCCC(CC)C1. The quantitative estimate of drug-likeness (QED) is 0.656. The van der Waals surface area contributed by atoms with E-state index in [2.05, 4.69) is 26.2 Å². The standard InChI is InChI=1S/C15H31NO/c1-4-10-17-11-9-15(16-3)14-8-6-7-13(5-2)12-14/h13-16H,4-12H2,1-3H3. The molecule has 0 aromatic carbocycles. The van der Waals surface area contributed by atoms with Gasteiger partial charge < -0.3 is 10.1 Å². The van der Waals surface area contributed by atoms with E-state index in [0.29, 0.717) is 6.04 Å². The van der Waals surface area contributed by atoms with Crippen LogP contribution in [0.1, 0.15) is 58.8 Å². The van der Waals surface area contributed by atoms with Crippen LogP contribution in [0.4, 0.5) is 0 Å². The highest BCUT2D eigenvalue weighted by Crippen LogP contribution is 2.33. The smallest absolute Gasteiger partial charge is 0.0480 e. The van der Waals surface area contributed by atoms with Crippen LogP contribution < -0.4 is 5.32 Å². The number of nitrogens with one attached hydrogen (secondary N) is 1. The van der Waals surface area contributed by atoms with Crippen LogP contribution in [0.2, 0.25) is 0 Å². The second-order valence-corrected chi connectivity index (χ2v) is 5.50. The molecule has 17 heavy (non-hydrogen) atoms. The molecule has 2 heteroatoms. The summed E-state index contributed by atoms with van der Waals surface area (Å²) >= 11 is 0. The van der Waals surface area contributed by atoms with Crippen LogP contribution >= 0.6 is 0 Å². The molecule has 0 amide bonds. The number of hydrogen-bond donors (Lipinski definition) is 1. The number of rotatable bonds is 8. The van der Waals surface area contributed by atoms with Crippen molar-refractivity contribution in [3.8, 4) is 0 Å². The summed E-state index contributed by atoms with van der Waals surface area (Å²) < 4.78 is 5.62. The highest BCUT2D eigenvalue weighted by atomic mass is 16.5. The first-order chi connectivity index (χ1) is 8.31. The van der Waals surface area contributed by atoms with Crippen molar-refractivity contribution >= 4 is 0 Å². The van der Waals surface area contributed by atoms with Gasteiger partial charge in [-0.2, -0.15) is 0 Å². The third kappa shape index (κ3) is 5.39. The van der Waals surface area contributed by atoms with Gasteiger partial charge in [0.05, 0.1) is 0 Å². The minimum atomic E-state index is 0.668. The van der Waals surface area contributed by atoms with Crippen LogP contribution in [0.5, 0.6) is 0 Å². The van der Waals surface area contributed by atoms with E-state index in [9.17, 15) is 0 Å². The molecular weight excluding hydrogens is 210 g/mol. The Morgan fingerprint density at radius 2 is 2.06 bits per heavy atom. The second kappa shape index (κ2) is 8.93. The molecule has 1 aliphatic carbocycles. The van der Waals surface area contributed by atoms with Crippen molar-refractivity contribution in [2.24, 2.45) is 11.8 Å². The van der Waals surface area contributed by atoms with E-state index in [0.717, 1.165) is 31.5 Å². The first kappa shape index (κ1) is 15.0. The lowest BCUT2D eigenvalue weighted by atomic mass is 9.76. The fourth-order valence-electron chi connectivity index (χ4n) is 3.14. The maximum atomic E-state index is 5.62. The van der Waals surface area contributed by atoms with E-state index in [4.69, 9.17) is 4.74 Å². The monoisotopic (exact) mass is 241 g/mol. The number of ether oxygens (including phenoxy) is 1. The molecule has 1 fully saturated rings. The molecule has 0 radical (unpaired) electrons. The van der Waals surface area contributed by atoms with Gasteiger partial charge in [-0.3, -0.25) is 0 Å². The normalized spacial score (nSPS) is 27.0. The van der Waals surface area contributed by atoms with Gasteiger partial charge in [0, 0.05) is 19.3 Å². The zero-order valence-electron chi connectivity index (χ0n) is 12.0. The van der Waals surface area contributed by atoms with E-state index < -0.39 is 0 Å². The van der Waals surface area contributed by atoms with E-state index in [1.165, 1.54) is 38.5 Å². The molecule has 2 nitrogen and oxygen atoms in total. The minimum absolute atomic E-state index is 0.668. The zero-order valence-corrected chi connectivity index (χ0v) is 12.0. The van der Waals surface area contributed by atoms with E-state index in [-0.39, 0.29) is 0 Å². The fraction of sp³-hybridized carbons (Fsp3) is 1.00. The maximum Gasteiger partial charge on any atom is 0.0480 e. The Balaban J connectivity index is 2.27. The minimum Gasteiger partial charge on any atom is -0.381 e. The predicted octanol–water partition coefficient (Wildman–Crippen LogP) is 3.61. The van der Waals surface area contributed by atoms with Crippen LogP contribution in [0.15, 0.2) is 0 Å². The van der Waals surface area contributed by atoms with Crippen molar-refractivity contribution < 1.29 is 4.74 Å². The zero-order chi connectivity index (χ0) is 12.5. The number of hydrogen-bond acceptors (Lipinski definition) is 2.